The summed E-state index contributed by atoms with van der Waals surface area (Å²) in [6.07, 6.45) is 5.19. The lowest BCUT2D eigenvalue weighted by Gasteiger charge is -2.17. The Hall–Kier alpha value is -3.14. The van der Waals surface area contributed by atoms with Crippen molar-refractivity contribution in [1.29, 1.82) is 0 Å². The van der Waals surface area contributed by atoms with Crippen LogP contribution in [0.1, 0.15) is 15.9 Å². The molecular weight excluding hydrogens is 274 g/mol. The van der Waals surface area contributed by atoms with Crippen LogP contribution in [0.2, 0.25) is 0 Å². The zero-order valence-electron chi connectivity index (χ0n) is 11.7. The third-order valence-electron chi connectivity index (χ3n) is 3.73. The number of aromatic nitrogens is 1. The summed E-state index contributed by atoms with van der Waals surface area (Å²) in [5.74, 6) is 0.705. The van der Waals surface area contributed by atoms with E-state index in [1.165, 1.54) is 0 Å². The molecule has 0 saturated heterocycles. The molecule has 22 heavy (non-hydrogen) atoms. The van der Waals surface area contributed by atoms with Crippen molar-refractivity contribution in [1.82, 2.24) is 4.98 Å². The molecule has 1 aliphatic rings. The molecule has 1 heterocycles. The average Bonchev–Trinajstić information content (AvgIpc) is 2.58. The number of anilines is 2. The number of ketones is 1. The number of nitrogens with one attached hydrogen (secondary N) is 2. The molecule has 0 fully saturated rings. The first kappa shape index (κ1) is 12.6. The number of allylic oxidation sites excluding steroid dienone is 1. The number of nitrogens with zero attached hydrogens (tertiary/aromatic N) is 1. The normalized spacial score (nSPS) is 12.5. The minimum Gasteiger partial charge on any atom is -0.299 e. The van der Waals surface area contributed by atoms with E-state index in [-0.39, 0.29) is 5.78 Å². The lowest BCUT2D eigenvalue weighted by Crippen LogP contribution is -2.14. The fourth-order valence-electron chi connectivity index (χ4n) is 2.72. The number of hydrazine groups is 1. The summed E-state index contributed by atoms with van der Waals surface area (Å²) in [6.45, 7) is 0. The highest BCUT2D eigenvalue weighted by atomic mass is 16.1. The largest absolute Gasteiger partial charge is 0.299 e. The Morgan fingerprint density at radius 3 is 2.68 bits per heavy atom. The van der Waals surface area contributed by atoms with Gasteiger partial charge in [-0.05, 0) is 35.2 Å². The Balaban J connectivity index is 1.78. The van der Waals surface area contributed by atoms with Crippen LogP contribution in [0.4, 0.5) is 11.5 Å². The van der Waals surface area contributed by atoms with Crippen molar-refractivity contribution in [3.05, 3.63) is 71.9 Å². The maximum absolute atomic E-state index is 12.3. The van der Waals surface area contributed by atoms with E-state index in [0.717, 1.165) is 22.0 Å². The second kappa shape index (κ2) is 5.00. The molecule has 4 rings (SSSR count). The molecule has 4 nitrogen and oxygen atoms in total. The Bertz CT molecular complexity index is 901. The summed E-state index contributed by atoms with van der Waals surface area (Å²) in [7, 11) is 0. The molecule has 4 heteroatoms. The van der Waals surface area contributed by atoms with Gasteiger partial charge in [-0.15, -0.1) is 0 Å². The summed E-state index contributed by atoms with van der Waals surface area (Å²) in [6, 6.07) is 15.6. The molecule has 1 aromatic heterocycles. The van der Waals surface area contributed by atoms with Crippen LogP contribution in [0.3, 0.4) is 0 Å². The number of rotatable bonds is 3. The van der Waals surface area contributed by atoms with Gasteiger partial charge in [0, 0.05) is 11.6 Å². The third kappa shape index (κ3) is 2.02. The first-order valence-corrected chi connectivity index (χ1v) is 7.04. The fourth-order valence-corrected chi connectivity index (χ4v) is 2.72. The molecule has 0 bridgehead atoms. The van der Waals surface area contributed by atoms with E-state index in [1.807, 2.05) is 54.6 Å². The van der Waals surface area contributed by atoms with Crippen molar-refractivity contribution in [2.45, 2.75) is 0 Å². The number of carbonyl (C=O) groups excluding carboxylic acids is 1. The van der Waals surface area contributed by atoms with Gasteiger partial charge in [-0.25, -0.2) is 4.98 Å². The molecule has 0 amide bonds. The summed E-state index contributed by atoms with van der Waals surface area (Å²) in [5.41, 5.74) is 8.63. The zero-order valence-corrected chi connectivity index (χ0v) is 11.7. The minimum atomic E-state index is 0.00891. The van der Waals surface area contributed by atoms with Crippen LogP contribution < -0.4 is 10.9 Å². The van der Waals surface area contributed by atoms with Crippen molar-refractivity contribution in [2.75, 3.05) is 10.9 Å². The Kier molecular flexibility index (Phi) is 2.86. The topological polar surface area (TPSA) is 54.0 Å². The molecule has 3 aromatic rings. The monoisotopic (exact) mass is 287 g/mol. The number of pyridine rings is 1. The van der Waals surface area contributed by atoms with Gasteiger partial charge < -0.3 is 0 Å². The highest BCUT2D eigenvalue weighted by Crippen LogP contribution is 2.33. The van der Waals surface area contributed by atoms with Crippen molar-refractivity contribution in [3.8, 4) is 0 Å². The van der Waals surface area contributed by atoms with Gasteiger partial charge in [0.05, 0.1) is 11.3 Å². The van der Waals surface area contributed by atoms with Crippen LogP contribution in [0.5, 0.6) is 0 Å². The van der Waals surface area contributed by atoms with Crippen LogP contribution in [-0.4, -0.2) is 10.8 Å². The first-order valence-electron chi connectivity index (χ1n) is 7.04. The Labute approximate surface area is 127 Å². The number of carbonyl (C=O) groups is 1. The lowest BCUT2D eigenvalue weighted by molar-refractivity contribution is 0.104. The zero-order chi connectivity index (χ0) is 14.9. The standard InChI is InChI=1S/C18H13N3O/c22-15-10-8-13-5-3-4-12-7-9-14(18(15)17(12)13)20-21-16-6-1-2-11-19-16/h1-11,20H,(H,19,21). The average molecular weight is 287 g/mol. The molecule has 0 radical (unpaired) electrons. The van der Waals surface area contributed by atoms with Crippen molar-refractivity contribution >= 4 is 34.1 Å². The van der Waals surface area contributed by atoms with E-state index < -0.39 is 0 Å². The van der Waals surface area contributed by atoms with Gasteiger partial charge in [-0.2, -0.15) is 0 Å². The number of hydrogen-bond donors (Lipinski definition) is 2. The lowest BCUT2D eigenvalue weighted by atomic mass is 9.91. The van der Waals surface area contributed by atoms with Gasteiger partial charge in [0.2, 0.25) is 0 Å². The molecule has 2 N–H and O–H groups in total. The van der Waals surface area contributed by atoms with Gasteiger partial charge in [0.15, 0.2) is 5.78 Å². The smallest absolute Gasteiger partial charge is 0.188 e. The van der Waals surface area contributed by atoms with Crippen molar-refractivity contribution < 1.29 is 4.79 Å². The number of hydrogen-bond acceptors (Lipinski definition) is 4. The van der Waals surface area contributed by atoms with Crippen molar-refractivity contribution in [2.24, 2.45) is 0 Å². The SMILES string of the molecule is O=C1C=Cc2cccc3ccc(NNc4ccccn4)c1c23. The van der Waals surface area contributed by atoms with E-state index >= 15 is 0 Å². The van der Waals surface area contributed by atoms with Gasteiger partial charge in [0.25, 0.3) is 0 Å². The molecule has 0 unspecified atom stereocenters. The van der Waals surface area contributed by atoms with Crippen LogP contribution in [0.15, 0.2) is 60.8 Å². The van der Waals surface area contributed by atoms with E-state index in [9.17, 15) is 4.79 Å². The minimum absolute atomic E-state index is 0.00891. The summed E-state index contributed by atoms with van der Waals surface area (Å²) in [5, 5.41) is 2.05. The summed E-state index contributed by atoms with van der Waals surface area (Å²) in [4.78, 5) is 16.5. The molecular formula is C18H13N3O. The second-order valence-corrected chi connectivity index (χ2v) is 5.10. The fraction of sp³-hybridized carbons (Fsp3) is 0. The molecule has 0 atom stereocenters. The maximum Gasteiger partial charge on any atom is 0.188 e. The predicted octanol–water partition coefficient (Wildman–Crippen LogP) is 3.88. The van der Waals surface area contributed by atoms with E-state index in [4.69, 9.17) is 0 Å². The van der Waals surface area contributed by atoms with Gasteiger partial charge in [0.1, 0.15) is 5.82 Å². The van der Waals surface area contributed by atoms with Crippen molar-refractivity contribution in [3.63, 3.8) is 0 Å². The Morgan fingerprint density at radius 2 is 1.82 bits per heavy atom. The molecule has 0 spiro atoms. The quantitative estimate of drug-likeness (QED) is 0.718. The Morgan fingerprint density at radius 1 is 0.864 bits per heavy atom. The van der Waals surface area contributed by atoms with Crippen LogP contribution in [0, 0.1) is 0 Å². The van der Waals surface area contributed by atoms with Gasteiger partial charge in [-0.3, -0.25) is 15.6 Å². The third-order valence-corrected chi connectivity index (χ3v) is 3.73. The van der Waals surface area contributed by atoms with Crippen LogP contribution in [0.25, 0.3) is 16.8 Å². The highest BCUT2D eigenvalue weighted by molar-refractivity contribution is 6.23. The molecule has 2 aromatic carbocycles. The van der Waals surface area contributed by atoms with E-state index in [0.29, 0.717) is 11.4 Å². The highest BCUT2D eigenvalue weighted by Gasteiger charge is 2.18. The van der Waals surface area contributed by atoms with Gasteiger partial charge >= 0.3 is 0 Å². The van der Waals surface area contributed by atoms with Gasteiger partial charge in [-0.1, -0.05) is 36.4 Å². The second-order valence-electron chi connectivity index (χ2n) is 5.10. The molecule has 1 aliphatic carbocycles. The first-order chi connectivity index (χ1) is 10.8. The molecule has 0 saturated carbocycles. The van der Waals surface area contributed by atoms with Crippen LogP contribution >= 0.6 is 0 Å². The summed E-state index contributed by atoms with van der Waals surface area (Å²) < 4.78 is 0. The maximum atomic E-state index is 12.3. The predicted molar refractivity (Wildman–Crippen MR) is 88.8 cm³/mol. The van der Waals surface area contributed by atoms with E-state index in [1.54, 1.807) is 12.3 Å². The van der Waals surface area contributed by atoms with Crippen LogP contribution in [-0.2, 0) is 0 Å². The molecule has 0 aliphatic heterocycles. The van der Waals surface area contributed by atoms with E-state index in [2.05, 4.69) is 15.8 Å². The summed E-state index contributed by atoms with van der Waals surface area (Å²) >= 11 is 0. The number of benzene rings is 2. The molecule has 106 valence electrons.